The van der Waals surface area contributed by atoms with Gasteiger partial charge in [-0.05, 0) is 42.4 Å². The molecule has 0 radical (unpaired) electrons. The van der Waals surface area contributed by atoms with E-state index < -0.39 is 23.6 Å². The van der Waals surface area contributed by atoms with Gasteiger partial charge in [0, 0.05) is 6.04 Å². The van der Waals surface area contributed by atoms with Gasteiger partial charge in [-0.3, -0.25) is 0 Å². The Morgan fingerprint density at radius 1 is 1.25 bits per heavy atom. The van der Waals surface area contributed by atoms with Crippen LogP contribution in [0.15, 0.2) is 18.2 Å². The molecular weight excluding hydrogens is 270 g/mol. The van der Waals surface area contributed by atoms with Crippen molar-refractivity contribution in [2.45, 2.75) is 44.8 Å². The Labute approximate surface area is 116 Å². The normalized spacial score (nSPS) is 25.5. The summed E-state index contributed by atoms with van der Waals surface area (Å²) in [6.07, 6.45) is -0.530. The Morgan fingerprint density at radius 2 is 1.95 bits per heavy atom. The van der Waals surface area contributed by atoms with Gasteiger partial charge >= 0.3 is 6.18 Å². The van der Waals surface area contributed by atoms with Crippen LogP contribution in [0, 0.1) is 17.7 Å². The zero-order valence-electron chi connectivity index (χ0n) is 11.4. The molecule has 5 heteroatoms. The molecule has 0 bridgehead atoms. The van der Waals surface area contributed by atoms with Gasteiger partial charge in [0.25, 0.3) is 0 Å². The summed E-state index contributed by atoms with van der Waals surface area (Å²) in [5.41, 5.74) is 5.33. The number of benzene rings is 1. The topological polar surface area (TPSA) is 26.0 Å². The van der Waals surface area contributed by atoms with Gasteiger partial charge in [-0.2, -0.15) is 13.2 Å². The molecule has 0 heterocycles. The highest BCUT2D eigenvalue weighted by Crippen LogP contribution is 2.37. The Bertz CT molecular complexity index is 469. The molecule has 1 nitrogen and oxygen atoms in total. The number of hydrogen-bond donors (Lipinski definition) is 1. The Morgan fingerprint density at radius 3 is 2.50 bits per heavy atom. The van der Waals surface area contributed by atoms with Crippen LogP contribution in [0.25, 0.3) is 0 Å². The summed E-state index contributed by atoms with van der Waals surface area (Å²) in [7, 11) is 0. The molecule has 1 aliphatic carbocycles. The van der Waals surface area contributed by atoms with Gasteiger partial charge < -0.3 is 5.73 Å². The molecule has 2 N–H and O–H groups in total. The van der Waals surface area contributed by atoms with E-state index in [1.54, 1.807) is 0 Å². The van der Waals surface area contributed by atoms with E-state index in [4.69, 9.17) is 5.73 Å². The van der Waals surface area contributed by atoms with Crippen LogP contribution in [0.3, 0.4) is 0 Å². The fourth-order valence-corrected chi connectivity index (χ4v) is 3.05. The van der Waals surface area contributed by atoms with Gasteiger partial charge in [0.05, 0.1) is 5.56 Å². The van der Waals surface area contributed by atoms with Crippen molar-refractivity contribution in [3.63, 3.8) is 0 Å². The lowest BCUT2D eigenvalue weighted by Gasteiger charge is -2.31. The van der Waals surface area contributed by atoms with E-state index in [2.05, 4.69) is 6.92 Å². The molecule has 112 valence electrons. The highest BCUT2D eigenvalue weighted by Gasteiger charge is 2.34. The molecule has 1 aromatic rings. The Kier molecular flexibility index (Phi) is 4.37. The van der Waals surface area contributed by atoms with E-state index in [0.717, 1.165) is 37.8 Å². The lowest BCUT2D eigenvalue weighted by Crippen LogP contribution is -2.26. The molecule has 0 amide bonds. The van der Waals surface area contributed by atoms with Gasteiger partial charge in [0.2, 0.25) is 0 Å². The van der Waals surface area contributed by atoms with Gasteiger partial charge in [-0.25, -0.2) is 4.39 Å². The monoisotopic (exact) mass is 289 g/mol. The second kappa shape index (κ2) is 5.72. The first-order chi connectivity index (χ1) is 9.29. The molecule has 20 heavy (non-hydrogen) atoms. The summed E-state index contributed by atoms with van der Waals surface area (Å²) < 4.78 is 51.1. The van der Waals surface area contributed by atoms with Crippen molar-refractivity contribution in [3.05, 3.63) is 35.1 Å². The Hall–Kier alpha value is -1.10. The van der Waals surface area contributed by atoms with Gasteiger partial charge in [-0.15, -0.1) is 0 Å². The zero-order chi connectivity index (χ0) is 14.9. The van der Waals surface area contributed by atoms with Crippen molar-refractivity contribution < 1.29 is 17.6 Å². The van der Waals surface area contributed by atoms with E-state index in [0.29, 0.717) is 11.5 Å². The number of rotatable bonds is 2. The maximum Gasteiger partial charge on any atom is 0.419 e. The van der Waals surface area contributed by atoms with Crippen LogP contribution < -0.4 is 5.73 Å². The largest absolute Gasteiger partial charge is 0.419 e. The van der Waals surface area contributed by atoms with Crippen molar-refractivity contribution in [2.75, 3.05) is 0 Å². The van der Waals surface area contributed by atoms with Crippen LogP contribution in [0.4, 0.5) is 17.6 Å². The van der Waals surface area contributed by atoms with Crippen molar-refractivity contribution in [1.82, 2.24) is 0 Å². The van der Waals surface area contributed by atoms with Crippen LogP contribution in [0.2, 0.25) is 0 Å². The summed E-state index contributed by atoms with van der Waals surface area (Å²) in [5.74, 6) is -0.455. The minimum Gasteiger partial charge on any atom is -0.324 e. The molecule has 1 aromatic carbocycles. The van der Waals surface area contributed by atoms with E-state index in [-0.39, 0.29) is 5.92 Å². The number of hydrogen-bond acceptors (Lipinski definition) is 1. The van der Waals surface area contributed by atoms with Crippen LogP contribution in [-0.4, -0.2) is 0 Å². The molecule has 0 saturated heterocycles. The molecule has 0 aromatic heterocycles. The van der Waals surface area contributed by atoms with Gasteiger partial charge in [0.1, 0.15) is 5.82 Å². The quantitative estimate of drug-likeness (QED) is 0.787. The van der Waals surface area contributed by atoms with E-state index in [1.165, 1.54) is 6.07 Å². The minimum absolute atomic E-state index is 0.217. The summed E-state index contributed by atoms with van der Waals surface area (Å²) in [6.45, 7) is 2.15. The van der Waals surface area contributed by atoms with Gasteiger partial charge in [0.15, 0.2) is 0 Å². The fraction of sp³-hybridized carbons (Fsp3) is 0.600. The van der Waals surface area contributed by atoms with Gasteiger partial charge in [-0.1, -0.05) is 25.8 Å². The van der Waals surface area contributed by atoms with Crippen molar-refractivity contribution in [3.8, 4) is 0 Å². The van der Waals surface area contributed by atoms with Crippen LogP contribution in [0.5, 0.6) is 0 Å². The first kappa shape index (κ1) is 15.3. The first-order valence-corrected chi connectivity index (χ1v) is 6.91. The summed E-state index contributed by atoms with van der Waals surface area (Å²) in [5, 5.41) is 0. The molecule has 0 aliphatic heterocycles. The molecule has 3 unspecified atom stereocenters. The third-order valence-electron chi connectivity index (χ3n) is 4.17. The SMILES string of the molecule is CC1CCCC(C(N)c2ccc(C(F)(F)F)c(F)c2)C1. The summed E-state index contributed by atoms with van der Waals surface area (Å²) >= 11 is 0. The van der Waals surface area contributed by atoms with Crippen molar-refractivity contribution >= 4 is 0 Å². The number of halogens is 4. The second-order valence-corrected chi connectivity index (χ2v) is 5.79. The maximum atomic E-state index is 13.6. The molecular formula is C15H19F4N. The summed E-state index contributed by atoms with van der Waals surface area (Å²) in [6, 6.07) is 2.63. The molecule has 1 fully saturated rings. The average Bonchev–Trinajstić information content (AvgIpc) is 2.36. The number of alkyl halides is 3. The van der Waals surface area contributed by atoms with Crippen LogP contribution >= 0.6 is 0 Å². The van der Waals surface area contributed by atoms with Crippen LogP contribution in [0.1, 0.15) is 49.8 Å². The molecule has 0 spiro atoms. The lowest BCUT2D eigenvalue weighted by molar-refractivity contribution is -0.140. The molecule has 1 aliphatic rings. The molecule has 2 rings (SSSR count). The predicted molar refractivity (Wildman–Crippen MR) is 69.5 cm³/mol. The molecule has 3 atom stereocenters. The highest BCUT2D eigenvalue weighted by atomic mass is 19.4. The first-order valence-electron chi connectivity index (χ1n) is 6.91. The standard InChI is InChI=1S/C15H19F4N/c1-9-3-2-4-10(7-9)14(20)11-5-6-12(13(16)8-11)15(17,18)19/h5-6,8-10,14H,2-4,7,20H2,1H3. The molecule has 1 saturated carbocycles. The summed E-state index contributed by atoms with van der Waals surface area (Å²) in [4.78, 5) is 0. The predicted octanol–water partition coefficient (Wildman–Crippen LogP) is 4.67. The maximum absolute atomic E-state index is 13.6. The van der Waals surface area contributed by atoms with Crippen molar-refractivity contribution in [2.24, 2.45) is 17.6 Å². The van der Waals surface area contributed by atoms with Crippen LogP contribution in [-0.2, 0) is 6.18 Å². The smallest absolute Gasteiger partial charge is 0.324 e. The van der Waals surface area contributed by atoms with E-state index in [1.807, 2.05) is 0 Å². The minimum atomic E-state index is -4.66. The average molecular weight is 289 g/mol. The number of nitrogens with two attached hydrogens (primary N) is 1. The van der Waals surface area contributed by atoms with E-state index in [9.17, 15) is 17.6 Å². The van der Waals surface area contributed by atoms with Crippen molar-refractivity contribution in [1.29, 1.82) is 0 Å². The fourth-order valence-electron chi connectivity index (χ4n) is 3.05. The third kappa shape index (κ3) is 3.32. The third-order valence-corrected chi connectivity index (χ3v) is 4.17. The Balaban J connectivity index is 2.18. The lowest BCUT2D eigenvalue weighted by atomic mass is 9.77. The van der Waals surface area contributed by atoms with E-state index >= 15 is 0 Å². The second-order valence-electron chi connectivity index (χ2n) is 5.79. The highest BCUT2D eigenvalue weighted by molar-refractivity contribution is 5.28. The zero-order valence-corrected chi connectivity index (χ0v) is 11.4.